The van der Waals surface area contributed by atoms with Gasteiger partial charge >= 0.3 is 0 Å². The topological polar surface area (TPSA) is 43.1 Å². The quantitative estimate of drug-likeness (QED) is 0.738. The molecule has 3 heterocycles. The fourth-order valence-electron chi connectivity index (χ4n) is 1.86. The third-order valence-electron chi connectivity index (χ3n) is 2.67. The van der Waals surface area contributed by atoms with Crippen molar-refractivity contribution < 1.29 is 4.39 Å². The molecule has 3 aromatic rings. The van der Waals surface area contributed by atoms with Gasteiger partial charge in [-0.15, -0.1) is 0 Å². The second kappa shape index (κ2) is 4.70. The van der Waals surface area contributed by atoms with Gasteiger partial charge in [-0.1, -0.05) is 25.2 Å². The molecule has 0 spiro atoms. The third-order valence-corrected chi connectivity index (χ3v) is 3.61. The van der Waals surface area contributed by atoms with Gasteiger partial charge in [0.2, 0.25) is 4.96 Å². The van der Waals surface area contributed by atoms with E-state index in [1.165, 1.54) is 12.3 Å². The monoisotopic (exact) mass is 276 g/mol. The van der Waals surface area contributed by atoms with Gasteiger partial charge < -0.3 is 0 Å². The van der Waals surface area contributed by atoms with Crippen LogP contribution in [0.2, 0.25) is 0 Å². The lowest BCUT2D eigenvalue weighted by molar-refractivity contribution is 0.622. The van der Waals surface area contributed by atoms with Crippen LogP contribution in [-0.4, -0.2) is 19.6 Å². The van der Waals surface area contributed by atoms with Gasteiger partial charge in [0.05, 0.1) is 18.1 Å². The number of aromatic nitrogens is 4. The van der Waals surface area contributed by atoms with Crippen molar-refractivity contribution in [2.45, 2.75) is 20.3 Å². The van der Waals surface area contributed by atoms with Gasteiger partial charge in [0.15, 0.2) is 0 Å². The van der Waals surface area contributed by atoms with Crippen molar-refractivity contribution in [2.75, 3.05) is 0 Å². The van der Waals surface area contributed by atoms with E-state index in [1.807, 2.05) is 6.20 Å². The van der Waals surface area contributed by atoms with Crippen LogP contribution in [-0.2, 0) is 6.42 Å². The molecule has 0 atom stereocenters. The number of hydrogen-bond acceptors (Lipinski definition) is 4. The lowest BCUT2D eigenvalue weighted by Gasteiger charge is -1.97. The smallest absolute Gasteiger partial charge is 0.212 e. The van der Waals surface area contributed by atoms with Crippen molar-refractivity contribution in [3.8, 4) is 11.3 Å². The van der Waals surface area contributed by atoms with Crippen LogP contribution in [0, 0.1) is 11.7 Å². The Morgan fingerprint density at radius 1 is 1.37 bits per heavy atom. The molecule has 0 bridgehead atoms. The molecular formula is C13H13FN4S. The molecule has 19 heavy (non-hydrogen) atoms. The van der Waals surface area contributed by atoms with Crippen LogP contribution in [0.3, 0.4) is 0 Å². The van der Waals surface area contributed by atoms with Crippen molar-refractivity contribution in [1.82, 2.24) is 19.6 Å². The van der Waals surface area contributed by atoms with Gasteiger partial charge in [0.1, 0.15) is 10.8 Å². The Labute approximate surface area is 113 Å². The number of nitrogens with zero attached hydrogens (tertiary/aromatic N) is 4. The minimum atomic E-state index is -0.359. The summed E-state index contributed by atoms with van der Waals surface area (Å²) in [4.78, 5) is 9.12. The van der Waals surface area contributed by atoms with Crippen LogP contribution in [0.5, 0.6) is 0 Å². The van der Waals surface area contributed by atoms with Gasteiger partial charge in [0.25, 0.3) is 0 Å². The maximum absolute atomic E-state index is 13.1. The Kier molecular flexibility index (Phi) is 3.02. The highest BCUT2D eigenvalue weighted by Crippen LogP contribution is 2.23. The van der Waals surface area contributed by atoms with E-state index < -0.39 is 0 Å². The molecule has 0 fully saturated rings. The minimum absolute atomic E-state index is 0.359. The largest absolute Gasteiger partial charge is 0.261 e. The zero-order chi connectivity index (χ0) is 13.4. The molecular weight excluding hydrogens is 263 g/mol. The predicted molar refractivity (Wildman–Crippen MR) is 72.6 cm³/mol. The molecule has 0 saturated carbocycles. The van der Waals surface area contributed by atoms with E-state index in [2.05, 4.69) is 28.9 Å². The predicted octanol–water partition coefficient (Wildman–Crippen LogP) is 3.19. The summed E-state index contributed by atoms with van der Waals surface area (Å²) in [6.07, 6.45) is 5.54. The SMILES string of the molecule is CC(C)Cc1nn2cc(-c3cncc(F)c3)nc2s1. The van der Waals surface area contributed by atoms with Crippen LogP contribution in [0.25, 0.3) is 16.2 Å². The Morgan fingerprint density at radius 2 is 2.21 bits per heavy atom. The van der Waals surface area contributed by atoms with E-state index in [1.54, 1.807) is 22.0 Å². The van der Waals surface area contributed by atoms with Crippen LogP contribution < -0.4 is 0 Å². The number of pyridine rings is 1. The molecule has 0 unspecified atom stereocenters. The number of fused-ring (bicyclic) bond motifs is 1. The summed E-state index contributed by atoms with van der Waals surface area (Å²) < 4.78 is 14.9. The molecule has 0 aliphatic rings. The average molecular weight is 276 g/mol. The van der Waals surface area contributed by atoms with Crippen LogP contribution in [0.4, 0.5) is 4.39 Å². The molecule has 0 radical (unpaired) electrons. The van der Waals surface area contributed by atoms with Crippen LogP contribution in [0.15, 0.2) is 24.7 Å². The highest BCUT2D eigenvalue weighted by Gasteiger charge is 2.11. The van der Waals surface area contributed by atoms with E-state index in [9.17, 15) is 4.39 Å². The lowest BCUT2D eigenvalue weighted by atomic mass is 10.1. The summed E-state index contributed by atoms with van der Waals surface area (Å²) in [6.45, 7) is 4.32. The Balaban J connectivity index is 1.97. The van der Waals surface area contributed by atoms with Gasteiger partial charge in [-0.05, 0) is 12.0 Å². The first-order valence-electron chi connectivity index (χ1n) is 6.08. The summed E-state index contributed by atoms with van der Waals surface area (Å²) in [6, 6.07) is 1.43. The zero-order valence-corrected chi connectivity index (χ0v) is 11.5. The normalized spacial score (nSPS) is 11.6. The second-order valence-electron chi connectivity index (χ2n) is 4.84. The first-order valence-corrected chi connectivity index (χ1v) is 6.89. The fourth-order valence-corrected chi connectivity index (χ4v) is 2.95. The summed E-state index contributed by atoms with van der Waals surface area (Å²) in [5, 5.41) is 5.55. The fraction of sp³-hybridized carbons (Fsp3) is 0.308. The van der Waals surface area contributed by atoms with Crippen molar-refractivity contribution >= 4 is 16.3 Å². The Hall–Kier alpha value is -1.82. The summed E-state index contributed by atoms with van der Waals surface area (Å²) in [5.41, 5.74) is 1.37. The zero-order valence-electron chi connectivity index (χ0n) is 10.7. The summed E-state index contributed by atoms with van der Waals surface area (Å²) in [5.74, 6) is 0.213. The van der Waals surface area contributed by atoms with E-state index in [0.717, 1.165) is 16.4 Å². The molecule has 0 N–H and O–H groups in total. The Bertz CT molecular complexity index is 685. The van der Waals surface area contributed by atoms with E-state index in [0.29, 0.717) is 17.2 Å². The van der Waals surface area contributed by atoms with Gasteiger partial charge in [-0.3, -0.25) is 4.98 Å². The van der Waals surface area contributed by atoms with Crippen LogP contribution >= 0.6 is 11.3 Å². The molecule has 0 aromatic carbocycles. The lowest BCUT2D eigenvalue weighted by Crippen LogP contribution is -1.94. The molecule has 3 rings (SSSR count). The number of rotatable bonds is 3. The third kappa shape index (κ3) is 2.49. The molecule has 6 heteroatoms. The van der Waals surface area contributed by atoms with Crippen LogP contribution in [0.1, 0.15) is 18.9 Å². The summed E-state index contributed by atoms with van der Waals surface area (Å²) >= 11 is 1.57. The maximum Gasteiger partial charge on any atom is 0.212 e. The van der Waals surface area contributed by atoms with E-state index >= 15 is 0 Å². The highest BCUT2D eigenvalue weighted by molar-refractivity contribution is 7.16. The average Bonchev–Trinajstić information content (AvgIpc) is 2.85. The second-order valence-corrected chi connectivity index (χ2v) is 5.88. The molecule has 0 aliphatic heterocycles. The van der Waals surface area contributed by atoms with Gasteiger partial charge in [0, 0.05) is 18.2 Å². The first-order chi connectivity index (χ1) is 9.11. The standard InChI is InChI=1S/C13H13FN4S/c1-8(2)3-12-17-18-7-11(16-13(18)19-12)9-4-10(14)6-15-5-9/h4-8H,3H2,1-2H3. The van der Waals surface area contributed by atoms with Crippen molar-refractivity contribution in [1.29, 1.82) is 0 Å². The van der Waals surface area contributed by atoms with Crippen molar-refractivity contribution in [3.63, 3.8) is 0 Å². The number of halogens is 1. The molecule has 98 valence electrons. The Morgan fingerprint density at radius 3 is 2.89 bits per heavy atom. The number of hydrogen-bond donors (Lipinski definition) is 0. The summed E-state index contributed by atoms with van der Waals surface area (Å²) in [7, 11) is 0. The number of imidazole rings is 1. The maximum atomic E-state index is 13.1. The molecule has 0 amide bonds. The van der Waals surface area contributed by atoms with Crippen molar-refractivity contribution in [3.05, 3.63) is 35.5 Å². The molecule has 0 saturated heterocycles. The van der Waals surface area contributed by atoms with Gasteiger partial charge in [-0.2, -0.15) is 5.10 Å². The molecule has 3 aromatic heterocycles. The van der Waals surface area contributed by atoms with Crippen molar-refractivity contribution in [2.24, 2.45) is 5.92 Å². The van der Waals surface area contributed by atoms with E-state index in [-0.39, 0.29) is 5.82 Å². The van der Waals surface area contributed by atoms with Gasteiger partial charge in [-0.25, -0.2) is 13.9 Å². The molecule has 0 aliphatic carbocycles. The minimum Gasteiger partial charge on any atom is -0.261 e. The van der Waals surface area contributed by atoms with E-state index in [4.69, 9.17) is 0 Å². The molecule has 4 nitrogen and oxygen atoms in total. The highest BCUT2D eigenvalue weighted by atomic mass is 32.1. The first kappa shape index (κ1) is 12.2.